The molecular formula is C15H22ClN3O2. The van der Waals surface area contributed by atoms with Gasteiger partial charge in [-0.1, -0.05) is 24.4 Å². The van der Waals surface area contributed by atoms with E-state index in [1.807, 2.05) is 11.9 Å². The van der Waals surface area contributed by atoms with Crippen LogP contribution >= 0.6 is 11.6 Å². The van der Waals surface area contributed by atoms with Crippen molar-refractivity contribution < 1.29 is 9.90 Å². The molecule has 0 saturated heterocycles. The molecule has 0 aromatic heterocycles. The quantitative estimate of drug-likeness (QED) is 0.728. The fourth-order valence-electron chi connectivity index (χ4n) is 2.82. The third-order valence-corrected chi connectivity index (χ3v) is 4.04. The Kier molecular flexibility index (Phi) is 5.08. The molecule has 0 radical (unpaired) electrons. The van der Waals surface area contributed by atoms with E-state index in [1.165, 1.54) is 0 Å². The van der Waals surface area contributed by atoms with E-state index in [1.54, 1.807) is 18.2 Å². The average molecular weight is 312 g/mol. The molecule has 6 heteroatoms. The van der Waals surface area contributed by atoms with Gasteiger partial charge in [0.15, 0.2) is 0 Å². The normalized spacial score (nSPS) is 17.1. The molecular weight excluding hydrogens is 290 g/mol. The zero-order chi connectivity index (χ0) is 15.5. The number of anilines is 2. The van der Waals surface area contributed by atoms with E-state index in [0.717, 1.165) is 25.7 Å². The topological polar surface area (TPSA) is 78.6 Å². The number of hydrogen-bond acceptors (Lipinski definition) is 4. The Bertz CT molecular complexity index is 516. The van der Waals surface area contributed by atoms with E-state index >= 15 is 0 Å². The van der Waals surface area contributed by atoms with Gasteiger partial charge in [0.1, 0.15) is 0 Å². The predicted molar refractivity (Wildman–Crippen MR) is 85.4 cm³/mol. The van der Waals surface area contributed by atoms with Gasteiger partial charge in [-0.2, -0.15) is 0 Å². The van der Waals surface area contributed by atoms with Gasteiger partial charge in [0.05, 0.1) is 23.5 Å². The first kappa shape index (κ1) is 16.1. The summed E-state index contributed by atoms with van der Waals surface area (Å²) < 4.78 is 0. The smallest absolute Gasteiger partial charge is 0.238 e. The minimum Gasteiger partial charge on any atom is -0.397 e. The summed E-state index contributed by atoms with van der Waals surface area (Å²) in [5.41, 5.74) is 6.14. The second kappa shape index (κ2) is 6.64. The summed E-state index contributed by atoms with van der Waals surface area (Å²) in [5, 5.41) is 13.6. The van der Waals surface area contributed by atoms with Gasteiger partial charge in [-0.05, 0) is 38.1 Å². The second-order valence-corrected chi connectivity index (χ2v) is 6.32. The van der Waals surface area contributed by atoms with Crippen molar-refractivity contribution in [1.29, 1.82) is 0 Å². The molecule has 1 saturated carbocycles. The first-order chi connectivity index (χ1) is 9.88. The summed E-state index contributed by atoms with van der Waals surface area (Å²) in [5.74, 6) is -0.173. The lowest BCUT2D eigenvalue weighted by molar-refractivity contribution is -0.117. The van der Waals surface area contributed by atoms with E-state index in [-0.39, 0.29) is 12.5 Å². The number of hydrogen-bond donors (Lipinski definition) is 3. The fraction of sp³-hybridized carbons (Fsp3) is 0.533. The summed E-state index contributed by atoms with van der Waals surface area (Å²) in [4.78, 5) is 13.9. The van der Waals surface area contributed by atoms with Crippen LogP contribution in [0.3, 0.4) is 0 Å². The van der Waals surface area contributed by atoms with Crippen LogP contribution in [0.4, 0.5) is 11.4 Å². The highest BCUT2D eigenvalue weighted by Gasteiger charge is 2.32. The Hall–Kier alpha value is -1.30. The molecule has 0 spiro atoms. The lowest BCUT2D eigenvalue weighted by Gasteiger charge is -2.28. The lowest BCUT2D eigenvalue weighted by atomic mass is 10.0. The molecule has 1 fully saturated rings. The SMILES string of the molecule is CN(CC(=O)Nc1cc(Cl)ccc1N)CC1(O)CCCC1. The molecule has 21 heavy (non-hydrogen) atoms. The van der Waals surface area contributed by atoms with Crippen molar-refractivity contribution >= 4 is 28.9 Å². The van der Waals surface area contributed by atoms with E-state index in [2.05, 4.69) is 5.32 Å². The molecule has 1 amide bonds. The van der Waals surface area contributed by atoms with Crippen LogP contribution in [-0.2, 0) is 4.79 Å². The Balaban J connectivity index is 1.87. The molecule has 1 aliphatic rings. The highest BCUT2D eigenvalue weighted by molar-refractivity contribution is 6.31. The number of benzene rings is 1. The molecule has 1 aliphatic carbocycles. The first-order valence-electron chi connectivity index (χ1n) is 7.14. The molecule has 2 rings (SSSR count). The predicted octanol–water partition coefficient (Wildman–Crippen LogP) is 2.10. The largest absolute Gasteiger partial charge is 0.397 e. The van der Waals surface area contributed by atoms with Crippen LogP contribution in [0.1, 0.15) is 25.7 Å². The average Bonchev–Trinajstić information content (AvgIpc) is 2.79. The highest BCUT2D eigenvalue weighted by Crippen LogP contribution is 2.30. The Morgan fingerprint density at radius 3 is 2.81 bits per heavy atom. The van der Waals surface area contributed by atoms with Gasteiger partial charge in [0.2, 0.25) is 5.91 Å². The minimum absolute atomic E-state index is 0.173. The van der Waals surface area contributed by atoms with Crippen LogP contribution in [0.2, 0.25) is 5.02 Å². The van der Waals surface area contributed by atoms with Crippen LogP contribution in [-0.4, -0.2) is 41.7 Å². The first-order valence-corrected chi connectivity index (χ1v) is 7.52. The van der Waals surface area contributed by atoms with E-state index in [9.17, 15) is 9.90 Å². The van der Waals surface area contributed by atoms with Gasteiger partial charge in [-0.3, -0.25) is 9.69 Å². The summed E-state index contributed by atoms with van der Waals surface area (Å²) in [7, 11) is 1.83. The standard InChI is InChI=1S/C15H22ClN3O2/c1-19(10-15(21)6-2-3-7-15)9-14(20)18-13-8-11(16)4-5-12(13)17/h4-5,8,21H,2-3,6-7,9-10,17H2,1H3,(H,18,20). The third-order valence-electron chi connectivity index (χ3n) is 3.80. The minimum atomic E-state index is -0.649. The molecule has 0 atom stereocenters. The van der Waals surface area contributed by atoms with Crippen molar-refractivity contribution in [3.8, 4) is 0 Å². The highest BCUT2D eigenvalue weighted by atomic mass is 35.5. The molecule has 0 bridgehead atoms. The van der Waals surface area contributed by atoms with Crippen LogP contribution in [0.15, 0.2) is 18.2 Å². The number of nitrogens with two attached hydrogens (primary N) is 1. The number of amides is 1. The van der Waals surface area contributed by atoms with E-state index < -0.39 is 5.60 Å². The fourth-order valence-corrected chi connectivity index (χ4v) is 2.99. The van der Waals surface area contributed by atoms with Crippen LogP contribution in [0.25, 0.3) is 0 Å². The van der Waals surface area contributed by atoms with Crippen molar-refractivity contribution in [2.45, 2.75) is 31.3 Å². The molecule has 0 aliphatic heterocycles. The van der Waals surface area contributed by atoms with Crippen LogP contribution in [0, 0.1) is 0 Å². The van der Waals surface area contributed by atoms with Gasteiger partial charge in [0, 0.05) is 11.6 Å². The lowest BCUT2D eigenvalue weighted by Crippen LogP contribution is -2.42. The zero-order valence-corrected chi connectivity index (χ0v) is 13.0. The van der Waals surface area contributed by atoms with E-state index in [0.29, 0.717) is 22.9 Å². The van der Waals surface area contributed by atoms with Crippen molar-refractivity contribution in [2.24, 2.45) is 0 Å². The molecule has 1 aromatic carbocycles. The van der Waals surface area contributed by atoms with Gasteiger partial charge < -0.3 is 16.2 Å². The van der Waals surface area contributed by atoms with Crippen molar-refractivity contribution in [1.82, 2.24) is 4.90 Å². The summed E-state index contributed by atoms with van der Waals surface area (Å²) in [6.07, 6.45) is 3.71. The third kappa shape index (κ3) is 4.59. The molecule has 5 nitrogen and oxygen atoms in total. The molecule has 116 valence electrons. The monoisotopic (exact) mass is 311 g/mol. The molecule has 4 N–H and O–H groups in total. The number of likely N-dealkylation sites (N-methyl/N-ethyl adjacent to an activating group) is 1. The number of nitrogen functional groups attached to an aromatic ring is 1. The van der Waals surface area contributed by atoms with Crippen LogP contribution < -0.4 is 11.1 Å². The summed E-state index contributed by atoms with van der Waals surface area (Å²) in [6.45, 7) is 0.708. The number of aliphatic hydroxyl groups is 1. The Morgan fingerprint density at radius 2 is 2.14 bits per heavy atom. The summed E-state index contributed by atoms with van der Waals surface area (Å²) >= 11 is 5.89. The van der Waals surface area contributed by atoms with Gasteiger partial charge >= 0.3 is 0 Å². The zero-order valence-electron chi connectivity index (χ0n) is 12.2. The second-order valence-electron chi connectivity index (χ2n) is 5.88. The maximum Gasteiger partial charge on any atom is 0.238 e. The van der Waals surface area contributed by atoms with Crippen LogP contribution in [0.5, 0.6) is 0 Å². The van der Waals surface area contributed by atoms with Crippen molar-refractivity contribution in [3.05, 3.63) is 23.2 Å². The van der Waals surface area contributed by atoms with Crippen molar-refractivity contribution in [2.75, 3.05) is 31.2 Å². The summed E-state index contributed by atoms with van der Waals surface area (Å²) in [6, 6.07) is 4.95. The maximum absolute atomic E-state index is 12.0. The Morgan fingerprint density at radius 1 is 1.48 bits per heavy atom. The molecule has 0 heterocycles. The van der Waals surface area contributed by atoms with Gasteiger partial charge in [0.25, 0.3) is 0 Å². The maximum atomic E-state index is 12.0. The molecule has 0 unspecified atom stereocenters. The molecule has 1 aromatic rings. The number of nitrogens with one attached hydrogen (secondary N) is 1. The number of carbonyl (C=O) groups excluding carboxylic acids is 1. The number of halogens is 1. The number of carbonyl (C=O) groups is 1. The van der Waals surface area contributed by atoms with E-state index in [4.69, 9.17) is 17.3 Å². The Labute approximate surface area is 130 Å². The van der Waals surface area contributed by atoms with Crippen molar-refractivity contribution in [3.63, 3.8) is 0 Å². The van der Waals surface area contributed by atoms with Gasteiger partial charge in [-0.25, -0.2) is 0 Å². The number of nitrogens with zero attached hydrogens (tertiary/aromatic N) is 1. The van der Waals surface area contributed by atoms with Gasteiger partial charge in [-0.15, -0.1) is 0 Å². The number of rotatable bonds is 5.